The molecule has 1 aromatic heterocycles. The number of carbonyl (C=O) groups excluding carboxylic acids is 1. The summed E-state index contributed by atoms with van der Waals surface area (Å²) < 4.78 is 36.5. The van der Waals surface area contributed by atoms with E-state index in [-0.39, 0.29) is 24.7 Å². The van der Waals surface area contributed by atoms with Gasteiger partial charge in [0.2, 0.25) is 5.91 Å². The highest BCUT2D eigenvalue weighted by Crippen LogP contribution is 2.22. The quantitative estimate of drug-likeness (QED) is 0.908. The third-order valence-electron chi connectivity index (χ3n) is 2.96. The van der Waals surface area contributed by atoms with E-state index >= 15 is 0 Å². The normalized spacial score (nSPS) is 15.7. The predicted molar refractivity (Wildman–Crippen MR) is 65.8 cm³/mol. The molecule has 6 nitrogen and oxygen atoms in total. The largest absolute Gasteiger partial charge is 0.477 e. The zero-order chi connectivity index (χ0) is 15.6. The fourth-order valence-corrected chi connectivity index (χ4v) is 1.93. The molecule has 2 rings (SSSR count). The van der Waals surface area contributed by atoms with Gasteiger partial charge in [0.15, 0.2) is 5.69 Å². The Labute approximate surface area is 117 Å². The third kappa shape index (κ3) is 3.83. The van der Waals surface area contributed by atoms with Crippen molar-refractivity contribution in [2.45, 2.75) is 12.6 Å². The summed E-state index contributed by atoms with van der Waals surface area (Å²) in [5, 5.41) is 8.85. The van der Waals surface area contributed by atoms with Crippen molar-refractivity contribution in [1.82, 2.24) is 9.88 Å². The number of carboxylic acid groups (broad SMARTS) is 1. The number of halogens is 3. The van der Waals surface area contributed by atoms with Crippen LogP contribution in [0.25, 0.3) is 0 Å². The first-order chi connectivity index (χ1) is 9.76. The number of pyridine rings is 1. The first kappa shape index (κ1) is 15.1. The van der Waals surface area contributed by atoms with Crippen molar-refractivity contribution in [2.75, 3.05) is 24.7 Å². The number of hydrogen-bond donors (Lipinski definition) is 1. The maximum Gasteiger partial charge on any atom is 0.390 e. The maximum absolute atomic E-state index is 12.2. The van der Waals surface area contributed by atoms with Crippen molar-refractivity contribution < 1.29 is 27.9 Å². The molecule has 1 fully saturated rings. The Morgan fingerprint density at radius 1 is 1.38 bits per heavy atom. The van der Waals surface area contributed by atoms with E-state index in [0.717, 1.165) is 4.90 Å². The molecule has 0 unspecified atom stereocenters. The standard InChI is InChI=1S/C12H12F3N3O3/c13-12(14,15)4-5-17-7-18(6-10(17)19)9-3-1-2-8(16-9)11(20)21/h1-3H,4-7H2,(H,20,21). The molecule has 1 aliphatic heterocycles. The molecule has 1 aromatic rings. The summed E-state index contributed by atoms with van der Waals surface area (Å²) in [5.74, 6) is -1.41. The molecule has 1 aliphatic rings. The molecule has 0 spiro atoms. The molecule has 0 aromatic carbocycles. The van der Waals surface area contributed by atoms with Crippen LogP contribution >= 0.6 is 0 Å². The van der Waals surface area contributed by atoms with Gasteiger partial charge >= 0.3 is 12.1 Å². The van der Waals surface area contributed by atoms with E-state index in [0.29, 0.717) is 0 Å². The van der Waals surface area contributed by atoms with Crippen molar-refractivity contribution in [3.05, 3.63) is 23.9 Å². The first-order valence-corrected chi connectivity index (χ1v) is 6.06. The Bertz CT molecular complexity index is 562. The zero-order valence-electron chi connectivity index (χ0n) is 10.8. The molecule has 1 amide bonds. The topological polar surface area (TPSA) is 73.7 Å². The number of alkyl halides is 3. The van der Waals surface area contributed by atoms with Crippen molar-refractivity contribution in [2.24, 2.45) is 0 Å². The van der Waals surface area contributed by atoms with Gasteiger partial charge < -0.3 is 14.9 Å². The van der Waals surface area contributed by atoms with E-state index in [1.165, 1.54) is 23.1 Å². The summed E-state index contributed by atoms with van der Waals surface area (Å²) in [6, 6.07) is 4.27. The highest BCUT2D eigenvalue weighted by atomic mass is 19.4. The highest BCUT2D eigenvalue weighted by Gasteiger charge is 2.33. The maximum atomic E-state index is 12.2. The fraction of sp³-hybridized carbons (Fsp3) is 0.417. The van der Waals surface area contributed by atoms with Crippen molar-refractivity contribution in [1.29, 1.82) is 0 Å². The Kier molecular flexibility index (Phi) is 4.01. The van der Waals surface area contributed by atoms with Crippen LogP contribution in [-0.2, 0) is 4.79 Å². The van der Waals surface area contributed by atoms with Crippen LogP contribution in [0.2, 0.25) is 0 Å². The lowest BCUT2D eigenvalue weighted by molar-refractivity contribution is -0.142. The van der Waals surface area contributed by atoms with Gasteiger partial charge in [-0.25, -0.2) is 9.78 Å². The Morgan fingerprint density at radius 3 is 2.71 bits per heavy atom. The predicted octanol–water partition coefficient (Wildman–Crippen LogP) is 1.34. The average molecular weight is 303 g/mol. The Balaban J connectivity index is 2.05. The van der Waals surface area contributed by atoms with Gasteiger partial charge in [-0.15, -0.1) is 0 Å². The molecular weight excluding hydrogens is 291 g/mol. The van der Waals surface area contributed by atoms with Gasteiger partial charge in [0.1, 0.15) is 12.4 Å². The minimum Gasteiger partial charge on any atom is -0.477 e. The van der Waals surface area contributed by atoms with E-state index in [2.05, 4.69) is 4.98 Å². The third-order valence-corrected chi connectivity index (χ3v) is 2.96. The SMILES string of the molecule is O=C(O)c1cccc(N2CC(=O)N(CCC(F)(F)F)C2)n1. The van der Waals surface area contributed by atoms with Crippen molar-refractivity contribution in [3.8, 4) is 0 Å². The van der Waals surface area contributed by atoms with Gasteiger partial charge in [0.05, 0.1) is 13.1 Å². The summed E-state index contributed by atoms with van der Waals surface area (Å²) >= 11 is 0. The zero-order valence-corrected chi connectivity index (χ0v) is 10.8. The monoisotopic (exact) mass is 303 g/mol. The summed E-state index contributed by atoms with van der Waals surface area (Å²) in [6.45, 7) is -0.573. The first-order valence-electron chi connectivity index (χ1n) is 6.06. The number of nitrogens with zero attached hydrogens (tertiary/aromatic N) is 3. The summed E-state index contributed by atoms with van der Waals surface area (Å²) in [4.78, 5) is 28.9. The van der Waals surface area contributed by atoms with Crippen LogP contribution in [0.5, 0.6) is 0 Å². The van der Waals surface area contributed by atoms with E-state index < -0.39 is 31.0 Å². The van der Waals surface area contributed by atoms with Crippen molar-refractivity contribution >= 4 is 17.7 Å². The number of aromatic nitrogens is 1. The second-order valence-electron chi connectivity index (χ2n) is 4.55. The summed E-state index contributed by atoms with van der Waals surface area (Å²) in [7, 11) is 0. The van der Waals surface area contributed by atoms with Gasteiger partial charge in [0.25, 0.3) is 0 Å². The number of carbonyl (C=O) groups is 2. The molecule has 9 heteroatoms. The smallest absolute Gasteiger partial charge is 0.390 e. The Hall–Kier alpha value is -2.32. The number of carboxylic acids is 1. The highest BCUT2D eigenvalue weighted by molar-refractivity contribution is 5.87. The van der Waals surface area contributed by atoms with Crippen LogP contribution in [0.4, 0.5) is 19.0 Å². The molecule has 1 saturated heterocycles. The molecule has 2 heterocycles. The van der Waals surface area contributed by atoms with E-state index in [1.807, 2.05) is 0 Å². The summed E-state index contributed by atoms with van der Waals surface area (Å²) in [5.41, 5.74) is -0.186. The number of amides is 1. The van der Waals surface area contributed by atoms with Crippen LogP contribution in [0.1, 0.15) is 16.9 Å². The fourth-order valence-electron chi connectivity index (χ4n) is 1.93. The van der Waals surface area contributed by atoms with Crippen LogP contribution in [0.3, 0.4) is 0 Å². The van der Waals surface area contributed by atoms with Crippen LogP contribution in [0, 0.1) is 0 Å². The molecule has 0 aliphatic carbocycles. The molecule has 114 valence electrons. The number of rotatable bonds is 4. The van der Waals surface area contributed by atoms with E-state index in [4.69, 9.17) is 5.11 Å². The number of aromatic carboxylic acids is 1. The average Bonchev–Trinajstić information content (AvgIpc) is 2.77. The molecule has 0 radical (unpaired) electrons. The van der Waals surface area contributed by atoms with Crippen molar-refractivity contribution in [3.63, 3.8) is 0 Å². The molecule has 0 saturated carbocycles. The number of hydrogen-bond acceptors (Lipinski definition) is 4. The van der Waals surface area contributed by atoms with Gasteiger partial charge in [-0.05, 0) is 12.1 Å². The minimum absolute atomic E-state index is 0.0367. The molecule has 0 atom stereocenters. The van der Waals surface area contributed by atoms with Gasteiger partial charge in [-0.3, -0.25) is 4.79 Å². The van der Waals surface area contributed by atoms with E-state index in [9.17, 15) is 22.8 Å². The lowest BCUT2D eigenvalue weighted by Crippen LogP contribution is -2.31. The lowest BCUT2D eigenvalue weighted by atomic mass is 10.3. The van der Waals surface area contributed by atoms with Crippen LogP contribution in [-0.4, -0.2) is 52.8 Å². The van der Waals surface area contributed by atoms with Gasteiger partial charge in [0, 0.05) is 6.54 Å². The van der Waals surface area contributed by atoms with Crippen LogP contribution in [0.15, 0.2) is 18.2 Å². The number of anilines is 1. The summed E-state index contributed by atoms with van der Waals surface area (Å²) in [6.07, 6.45) is -5.40. The minimum atomic E-state index is -4.32. The molecule has 21 heavy (non-hydrogen) atoms. The van der Waals surface area contributed by atoms with Crippen LogP contribution < -0.4 is 4.90 Å². The molecular formula is C12H12F3N3O3. The van der Waals surface area contributed by atoms with Gasteiger partial charge in [-0.2, -0.15) is 13.2 Å². The second kappa shape index (κ2) is 5.58. The second-order valence-corrected chi connectivity index (χ2v) is 4.55. The molecule has 1 N–H and O–H groups in total. The Morgan fingerprint density at radius 2 is 2.10 bits per heavy atom. The van der Waals surface area contributed by atoms with Gasteiger partial charge in [-0.1, -0.05) is 6.07 Å². The molecule has 0 bridgehead atoms. The lowest BCUT2D eigenvalue weighted by Gasteiger charge is -2.19. The van der Waals surface area contributed by atoms with E-state index in [1.54, 1.807) is 0 Å².